The highest BCUT2D eigenvalue weighted by Crippen LogP contribution is 2.16. The van der Waals surface area contributed by atoms with Crippen molar-refractivity contribution in [3.63, 3.8) is 0 Å². The van der Waals surface area contributed by atoms with Crippen molar-refractivity contribution in [3.05, 3.63) is 64.9 Å². The number of nitrogens with one attached hydrogen (secondary N) is 1. The van der Waals surface area contributed by atoms with Crippen LogP contribution in [0, 0.1) is 0 Å². The average molecular weight is 312 g/mol. The van der Waals surface area contributed by atoms with Crippen molar-refractivity contribution < 1.29 is 4.79 Å². The third-order valence-corrected chi connectivity index (χ3v) is 4.24. The maximum absolute atomic E-state index is 12.1. The van der Waals surface area contributed by atoms with Crippen LogP contribution < -0.4 is 5.32 Å². The van der Waals surface area contributed by atoms with E-state index in [9.17, 15) is 4.79 Å². The molecule has 1 amide bonds. The summed E-state index contributed by atoms with van der Waals surface area (Å²) >= 11 is 1.54. The molecule has 0 unspecified atom stereocenters. The van der Waals surface area contributed by atoms with E-state index >= 15 is 0 Å². The maximum Gasteiger partial charge on any atom is 0.225 e. The summed E-state index contributed by atoms with van der Waals surface area (Å²) in [6.07, 6.45) is 5.70. The lowest BCUT2D eigenvalue weighted by molar-refractivity contribution is -0.121. The quantitative estimate of drug-likeness (QED) is 0.788. The van der Waals surface area contributed by atoms with E-state index in [1.54, 1.807) is 22.6 Å². The number of nitrogens with zero attached hydrogens (tertiary/aromatic N) is 3. The van der Waals surface area contributed by atoms with E-state index in [-0.39, 0.29) is 11.9 Å². The van der Waals surface area contributed by atoms with Gasteiger partial charge >= 0.3 is 0 Å². The van der Waals surface area contributed by atoms with Crippen LogP contribution in [0.5, 0.6) is 0 Å². The molecule has 22 heavy (non-hydrogen) atoms. The minimum absolute atomic E-state index is 0.0199. The van der Waals surface area contributed by atoms with Gasteiger partial charge in [0, 0.05) is 17.3 Å². The van der Waals surface area contributed by atoms with Gasteiger partial charge in [-0.15, -0.1) is 11.3 Å². The van der Waals surface area contributed by atoms with Gasteiger partial charge in [0.1, 0.15) is 0 Å². The number of hydrogen-bond donors (Lipinski definition) is 1. The standard InChI is InChI=1S/C16H16N4OS/c1-12(15-9-17-11-22-15)19-16(21)7-13-8-18-20(10-13)14-5-3-2-4-6-14/h2-6,8-12H,7H2,1H3,(H,19,21)/t12-/m0/s1. The predicted octanol–water partition coefficient (Wildman–Crippen LogP) is 2.75. The van der Waals surface area contributed by atoms with Crippen molar-refractivity contribution in [1.82, 2.24) is 20.1 Å². The zero-order valence-corrected chi connectivity index (χ0v) is 13.0. The van der Waals surface area contributed by atoms with E-state index in [0.717, 1.165) is 16.1 Å². The van der Waals surface area contributed by atoms with Crippen LogP contribution in [0.3, 0.4) is 0 Å². The number of aromatic nitrogens is 3. The first kappa shape index (κ1) is 14.5. The molecule has 0 aliphatic rings. The van der Waals surface area contributed by atoms with Crippen molar-refractivity contribution in [2.75, 3.05) is 0 Å². The van der Waals surface area contributed by atoms with Crippen molar-refractivity contribution >= 4 is 17.2 Å². The Balaban J connectivity index is 1.62. The van der Waals surface area contributed by atoms with Crippen molar-refractivity contribution in [3.8, 4) is 5.69 Å². The first-order valence-electron chi connectivity index (χ1n) is 6.99. The van der Waals surface area contributed by atoms with Crippen molar-refractivity contribution in [2.45, 2.75) is 19.4 Å². The summed E-state index contributed by atoms with van der Waals surface area (Å²) in [5.41, 5.74) is 3.63. The summed E-state index contributed by atoms with van der Waals surface area (Å²) in [7, 11) is 0. The molecule has 0 saturated carbocycles. The third kappa shape index (κ3) is 3.40. The molecule has 0 radical (unpaired) electrons. The molecule has 2 heterocycles. The largest absolute Gasteiger partial charge is 0.348 e. The molecule has 1 aromatic carbocycles. The number of rotatable bonds is 5. The third-order valence-electron chi connectivity index (χ3n) is 3.28. The van der Waals surface area contributed by atoms with E-state index in [1.807, 2.05) is 43.5 Å². The van der Waals surface area contributed by atoms with E-state index in [4.69, 9.17) is 0 Å². The van der Waals surface area contributed by atoms with Gasteiger partial charge in [-0.1, -0.05) is 18.2 Å². The lowest BCUT2D eigenvalue weighted by Gasteiger charge is -2.10. The van der Waals surface area contributed by atoms with Crippen LogP contribution in [0.2, 0.25) is 0 Å². The Morgan fingerprint density at radius 3 is 2.86 bits per heavy atom. The molecule has 0 aliphatic carbocycles. The zero-order valence-electron chi connectivity index (χ0n) is 12.1. The Morgan fingerprint density at radius 2 is 2.14 bits per heavy atom. The monoisotopic (exact) mass is 312 g/mol. The van der Waals surface area contributed by atoms with Crippen LogP contribution in [0.1, 0.15) is 23.4 Å². The molecule has 112 valence electrons. The fourth-order valence-electron chi connectivity index (χ4n) is 2.16. The van der Waals surface area contributed by atoms with Crippen molar-refractivity contribution in [1.29, 1.82) is 0 Å². The van der Waals surface area contributed by atoms with E-state index in [1.165, 1.54) is 11.3 Å². The molecule has 1 atom stereocenters. The van der Waals surface area contributed by atoms with Crippen LogP contribution in [-0.2, 0) is 11.2 Å². The van der Waals surface area contributed by atoms with Gasteiger partial charge < -0.3 is 5.32 Å². The van der Waals surface area contributed by atoms with Crippen LogP contribution >= 0.6 is 11.3 Å². The lowest BCUT2D eigenvalue weighted by Crippen LogP contribution is -2.27. The van der Waals surface area contributed by atoms with Gasteiger partial charge in [-0.05, 0) is 24.6 Å². The van der Waals surface area contributed by atoms with E-state index < -0.39 is 0 Å². The Bertz CT molecular complexity index is 737. The normalized spacial score (nSPS) is 12.0. The van der Waals surface area contributed by atoms with Gasteiger partial charge in [0.05, 0.1) is 29.9 Å². The first-order chi connectivity index (χ1) is 10.7. The minimum Gasteiger partial charge on any atom is -0.348 e. The number of thiazole rings is 1. The summed E-state index contributed by atoms with van der Waals surface area (Å²) in [6.45, 7) is 1.96. The number of hydrogen-bond acceptors (Lipinski definition) is 4. The van der Waals surface area contributed by atoms with Gasteiger partial charge in [0.25, 0.3) is 0 Å². The summed E-state index contributed by atoms with van der Waals surface area (Å²) in [4.78, 5) is 17.2. The summed E-state index contributed by atoms with van der Waals surface area (Å²) in [5, 5.41) is 7.27. The predicted molar refractivity (Wildman–Crippen MR) is 85.9 cm³/mol. The molecule has 0 aliphatic heterocycles. The van der Waals surface area contributed by atoms with E-state index in [2.05, 4.69) is 15.4 Å². The Kier molecular flexibility index (Phi) is 4.29. The molecule has 3 aromatic rings. The number of para-hydroxylation sites is 1. The van der Waals surface area contributed by atoms with Gasteiger partial charge in [-0.2, -0.15) is 5.10 Å². The van der Waals surface area contributed by atoms with E-state index in [0.29, 0.717) is 6.42 Å². The minimum atomic E-state index is -0.0239. The molecule has 3 rings (SSSR count). The molecule has 1 N–H and O–H groups in total. The Hall–Kier alpha value is -2.47. The van der Waals surface area contributed by atoms with Crippen LogP contribution in [0.15, 0.2) is 54.4 Å². The summed E-state index contributed by atoms with van der Waals surface area (Å²) in [5.74, 6) is -0.0199. The highest BCUT2D eigenvalue weighted by Gasteiger charge is 2.12. The molecular weight excluding hydrogens is 296 g/mol. The van der Waals surface area contributed by atoms with Gasteiger partial charge in [0.15, 0.2) is 0 Å². The Labute approximate surface area is 132 Å². The molecule has 0 fully saturated rings. The number of amides is 1. The second kappa shape index (κ2) is 6.53. The molecule has 2 aromatic heterocycles. The van der Waals surface area contributed by atoms with Crippen LogP contribution in [-0.4, -0.2) is 20.7 Å². The number of benzene rings is 1. The SMILES string of the molecule is C[C@H](NC(=O)Cc1cnn(-c2ccccc2)c1)c1cncs1. The molecule has 0 spiro atoms. The summed E-state index contributed by atoms with van der Waals surface area (Å²) < 4.78 is 1.77. The fourth-order valence-corrected chi connectivity index (χ4v) is 2.79. The van der Waals surface area contributed by atoms with Crippen molar-refractivity contribution in [2.24, 2.45) is 0 Å². The second-order valence-electron chi connectivity index (χ2n) is 5.00. The zero-order chi connectivity index (χ0) is 15.4. The smallest absolute Gasteiger partial charge is 0.225 e. The van der Waals surface area contributed by atoms with Crippen LogP contribution in [0.25, 0.3) is 5.69 Å². The molecular formula is C16H16N4OS. The molecule has 5 nitrogen and oxygen atoms in total. The second-order valence-corrected chi connectivity index (χ2v) is 5.92. The highest BCUT2D eigenvalue weighted by molar-refractivity contribution is 7.09. The topological polar surface area (TPSA) is 59.8 Å². The highest BCUT2D eigenvalue weighted by atomic mass is 32.1. The summed E-state index contributed by atoms with van der Waals surface area (Å²) in [6, 6.07) is 9.80. The van der Waals surface area contributed by atoms with Gasteiger partial charge in [0.2, 0.25) is 5.91 Å². The average Bonchev–Trinajstić information content (AvgIpc) is 3.19. The fraction of sp³-hybridized carbons (Fsp3) is 0.188. The molecule has 6 heteroatoms. The maximum atomic E-state index is 12.1. The number of carbonyl (C=O) groups excluding carboxylic acids is 1. The molecule has 0 saturated heterocycles. The van der Waals surface area contributed by atoms with Gasteiger partial charge in [-0.3, -0.25) is 9.78 Å². The first-order valence-corrected chi connectivity index (χ1v) is 7.87. The molecule has 0 bridgehead atoms. The Morgan fingerprint density at radius 1 is 1.32 bits per heavy atom. The number of carbonyl (C=O) groups is 1. The van der Waals surface area contributed by atoms with Gasteiger partial charge in [-0.25, -0.2) is 4.68 Å². The lowest BCUT2D eigenvalue weighted by atomic mass is 10.2. The van der Waals surface area contributed by atoms with Crippen LogP contribution in [0.4, 0.5) is 0 Å².